The number of hydrogen-bond acceptors (Lipinski definition) is 4. The van der Waals surface area contributed by atoms with Crippen LogP contribution in [-0.4, -0.2) is 47.7 Å². The number of ether oxygens (including phenoxy) is 2. The molecule has 0 aromatic rings. The molecule has 0 radical (unpaired) electrons. The molecule has 0 atom stereocenters. The van der Waals surface area contributed by atoms with Crippen molar-refractivity contribution in [3.05, 3.63) is 0 Å². The lowest BCUT2D eigenvalue weighted by molar-refractivity contribution is -0.190. The zero-order valence-electron chi connectivity index (χ0n) is 9.20. The molecule has 5 heteroatoms. The predicted octanol–water partition coefficient (Wildman–Crippen LogP) is 0.575. The molecule has 2 aliphatic heterocycles. The molecule has 0 aliphatic carbocycles. The van der Waals surface area contributed by atoms with E-state index in [-0.39, 0.29) is 12.3 Å². The number of hydrogen-bond donors (Lipinski definition) is 0. The van der Waals surface area contributed by atoms with Crippen LogP contribution in [0.25, 0.3) is 0 Å². The molecule has 0 N–H and O–H groups in total. The standard InChI is InChI=1S/C10H15NO4/c1-9(2,3)15-8(13)11-4-7(12)10(11)5-14-6-10/h4-6H2,1-3H3. The van der Waals surface area contributed by atoms with Gasteiger partial charge in [-0.2, -0.15) is 0 Å². The number of likely N-dealkylation sites (tertiary alicyclic amines) is 1. The van der Waals surface area contributed by atoms with Gasteiger partial charge in [0.25, 0.3) is 0 Å². The molecule has 0 unspecified atom stereocenters. The number of amides is 1. The normalized spacial score (nSPS) is 23.4. The van der Waals surface area contributed by atoms with Gasteiger partial charge in [0.05, 0.1) is 19.8 Å². The van der Waals surface area contributed by atoms with Crippen LogP contribution in [0, 0.1) is 0 Å². The Kier molecular flexibility index (Phi) is 2.05. The maximum absolute atomic E-state index is 11.7. The third-order valence-electron chi connectivity index (χ3n) is 2.63. The molecule has 2 heterocycles. The first kappa shape index (κ1) is 10.4. The van der Waals surface area contributed by atoms with E-state index in [0.717, 1.165) is 0 Å². The predicted molar refractivity (Wildman–Crippen MR) is 51.5 cm³/mol. The highest BCUT2D eigenvalue weighted by molar-refractivity contribution is 6.02. The van der Waals surface area contributed by atoms with Gasteiger partial charge in [0.1, 0.15) is 5.60 Å². The minimum atomic E-state index is -0.692. The number of Topliss-reactive ketones (excluding diaryl/α,β-unsaturated/α-hetero) is 1. The second-order valence-corrected chi connectivity index (χ2v) is 5.01. The number of rotatable bonds is 0. The summed E-state index contributed by atoms with van der Waals surface area (Å²) < 4.78 is 10.2. The van der Waals surface area contributed by atoms with Crippen molar-refractivity contribution in [2.45, 2.75) is 31.9 Å². The first-order valence-electron chi connectivity index (χ1n) is 4.97. The number of carbonyl (C=O) groups excluding carboxylic acids is 2. The van der Waals surface area contributed by atoms with E-state index in [1.165, 1.54) is 4.90 Å². The molecule has 2 aliphatic rings. The fourth-order valence-electron chi connectivity index (χ4n) is 1.67. The molecule has 84 valence electrons. The van der Waals surface area contributed by atoms with Gasteiger partial charge in [-0.15, -0.1) is 0 Å². The maximum Gasteiger partial charge on any atom is 0.411 e. The van der Waals surface area contributed by atoms with Crippen molar-refractivity contribution in [1.29, 1.82) is 0 Å². The van der Waals surface area contributed by atoms with Crippen LogP contribution in [-0.2, 0) is 14.3 Å². The van der Waals surface area contributed by atoms with Gasteiger partial charge >= 0.3 is 6.09 Å². The van der Waals surface area contributed by atoms with Gasteiger partial charge in [-0.3, -0.25) is 9.69 Å². The van der Waals surface area contributed by atoms with Crippen LogP contribution in [0.3, 0.4) is 0 Å². The van der Waals surface area contributed by atoms with Gasteiger partial charge < -0.3 is 9.47 Å². The maximum atomic E-state index is 11.7. The summed E-state index contributed by atoms with van der Waals surface area (Å²) in [4.78, 5) is 24.5. The number of ketones is 1. The summed E-state index contributed by atoms with van der Waals surface area (Å²) in [5, 5.41) is 0. The van der Waals surface area contributed by atoms with Crippen LogP contribution in [0.15, 0.2) is 0 Å². The Bertz CT molecular complexity index is 314. The third kappa shape index (κ3) is 1.51. The molecule has 15 heavy (non-hydrogen) atoms. The van der Waals surface area contributed by atoms with Crippen molar-refractivity contribution in [1.82, 2.24) is 4.90 Å². The number of nitrogens with zero attached hydrogens (tertiary/aromatic N) is 1. The van der Waals surface area contributed by atoms with Crippen molar-refractivity contribution < 1.29 is 19.1 Å². The van der Waals surface area contributed by atoms with E-state index in [1.54, 1.807) is 20.8 Å². The molecule has 1 spiro atoms. The lowest BCUT2D eigenvalue weighted by atomic mass is 9.82. The van der Waals surface area contributed by atoms with Gasteiger partial charge in [0.15, 0.2) is 11.3 Å². The molecule has 2 fully saturated rings. The van der Waals surface area contributed by atoms with E-state index >= 15 is 0 Å². The van der Waals surface area contributed by atoms with Crippen LogP contribution in [0.5, 0.6) is 0 Å². The van der Waals surface area contributed by atoms with Crippen molar-refractivity contribution in [2.75, 3.05) is 19.8 Å². The van der Waals surface area contributed by atoms with E-state index in [4.69, 9.17) is 9.47 Å². The van der Waals surface area contributed by atoms with E-state index in [9.17, 15) is 9.59 Å². The van der Waals surface area contributed by atoms with Crippen molar-refractivity contribution in [3.8, 4) is 0 Å². The Morgan fingerprint density at radius 1 is 1.47 bits per heavy atom. The highest BCUT2D eigenvalue weighted by Crippen LogP contribution is 2.35. The second kappa shape index (κ2) is 2.95. The first-order chi connectivity index (χ1) is 6.85. The van der Waals surface area contributed by atoms with Crippen LogP contribution in [0.2, 0.25) is 0 Å². The molecular formula is C10H15NO4. The van der Waals surface area contributed by atoms with Crippen LogP contribution in [0.1, 0.15) is 20.8 Å². The summed E-state index contributed by atoms with van der Waals surface area (Å²) in [7, 11) is 0. The molecule has 2 saturated heterocycles. The molecule has 0 saturated carbocycles. The molecule has 0 bridgehead atoms. The fourth-order valence-corrected chi connectivity index (χ4v) is 1.67. The summed E-state index contributed by atoms with van der Waals surface area (Å²) in [5.74, 6) is 0.0691. The summed E-state index contributed by atoms with van der Waals surface area (Å²) in [5.41, 5.74) is -1.22. The molecule has 1 amide bonds. The average molecular weight is 213 g/mol. The SMILES string of the molecule is CC(C)(C)OC(=O)N1CC(=O)C12COC2. The summed E-state index contributed by atoms with van der Waals surface area (Å²) in [6.07, 6.45) is -0.426. The van der Waals surface area contributed by atoms with Crippen molar-refractivity contribution in [2.24, 2.45) is 0 Å². The summed E-state index contributed by atoms with van der Waals surface area (Å²) >= 11 is 0. The van der Waals surface area contributed by atoms with Gasteiger partial charge in [-0.25, -0.2) is 4.79 Å². The third-order valence-corrected chi connectivity index (χ3v) is 2.63. The number of carbonyl (C=O) groups is 2. The largest absolute Gasteiger partial charge is 0.444 e. The van der Waals surface area contributed by atoms with Crippen molar-refractivity contribution >= 4 is 11.9 Å². The average Bonchev–Trinajstić information content (AvgIpc) is 1.92. The molecule has 0 aromatic heterocycles. The van der Waals surface area contributed by atoms with E-state index in [0.29, 0.717) is 13.2 Å². The van der Waals surface area contributed by atoms with Crippen LogP contribution in [0.4, 0.5) is 4.79 Å². The lowest BCUT2D eigenvalue weighted by Gasteiger charge is -2.54. The van der Waals surface area contributed by atoms with Gasteiger partial charge in [-0.05, 0) is 20.8 Å². The highest BCUT2D eigenvalue weighted by atomic mass is 16.6. The minimum Gasteiger partial charge on any atom is -0.444 e. The zero-order valence-corrected chi connectivity index (χ0v) is 9.20. The zero-order chi connectivity index (χ0) is 11.3. The van der Waals surface area contributed by atoms with Crippen LogP contribution < -0.4 is 0 Å². The highest BCUT2D eigenvalue weighted by Gasteiger charge is 2.61. The summed E-state index contributed by atoms with van der Waals surface area (Å²) in [6, 6.07) is 0. The Morgan fingerprint density at radius 2 is 2.07 bits per heavy atom. The fraction of sp³-hybridized carbons (Fsp3) is 0.800. The van der Waals surface area contributed by atoms with Gasteiger partial charge in [0.2, 0.25) is 0 Å². The topological polar surface area (TPSA) is 55.8 Å². The Labute approximate surface area is 88.3 Å². The lowest BCUT2D eigenvalue weighted by Crippen LogP contribution is -2.78. The molecule has 5 nitrogen and oxygen atoms in total. The van der Waals surface area contributed by atoms with Gasteiger partial charge in [0, 0.05) is 0 Å². The van der Waals surface area contributed by atoms with E-state index < -0.39 is 17.2 Å². The molecular weight excluding hydrogens is 198 g/mol. The Morgan fingerprint density at radius 3 is 2.40 bits per heavy atom. The van der Waals surface area contributed by atoms with E-state index in [2.05, 4.69) is 0 Å². The summed E-state index contributed by atoms with van der Waals surface area (Å²) in [6.45, 7) is 6.18. The monoisotopic (exact) mass is 213 g/mol. The molecule has 2 rings (SSSR count). The quantitative estimate of drug-likeness (QED) is 0.590. The van der Waals surface area contributed by atoms with E-state index in [1.807, 2.05) is 0 Å². The first-order valence-corrected chi connectivity index (χ1v) is 4.97. The second-order valence-electron chi connectivity index (χ2n) is 5.01. The van der Waals surface area contributed by atoms with Crippen molar-refractivity contribution in [3.63, 3.8) is 0 Å². The Balaban J connectivity index is 2.01. The van der Waals surface area contributed by atoms with Gasteiger partial charge in [-0.1, -0.05) is 0 Å². The smallest absolute Gasteiger partial charge is 0.411 e. The van der Waals surface area contributed by atoms with Crippen LogP contribution >= 0.6 is 0 Å². The Hall–Kier alpha value is -1.10. The molecule has 0 aromatic carbocycles. The minimum absolute atomic E-state index is 0.0691.